The van der Waals surface area contributed by atoms with Gasteiger partial charge in [-0.2, -0.15) is 29.2 Å². The van der Waals surface area contributed by atoms with Crippen molar-refractivity contribution < 1.29 is 25.8 Å². The zero-order chi connectivity index (χ0) is 34.1. The normalized spacial score (nSPS) is 14.0. The first-order valence-electron chi connectivity index (χ1n) is 17.8. The van der Waals surface area contributed by atoms with Crippen LogP contribution in [0.2, 0.25) is 0 Å². The summed E-state index contributed by atoms with van der Waals surface area (Å²) in [6, 6.07) is 51.5. The predicted molar refractivity (Wildman–Crippen MR) is 205 cm³/mol. The summed E-state index contributed by atoms with van der Waals surface area (Å²) in [6.07, 6.45) is 4.20. The van der Waals surface area contributed by atoms with E-state index in [-0.39, 0.29) is 26.5 Å². The van der Waals surface area contributed by atoms with Crippen molar-refractivity contribution in [1.29, 1.82) is 0 Å². The van der Waals surface area contributed by atoms with Crippen molar-refractivity contribution in [1.82, 2.24) is 14.5 Å². The molecule has 0 radical (unpaired) electrons. The van der Waals surface area contributed by atoms with E-state index in [1.165, 1.54) is 49.9 Å². The molecule has 3 heterocycles. The van der Waals surface area contributed by atoms with Crippen LogP contribution in [0, 0.1) is 31.4 Å². The molecule has 5 heteroatoms. The number of hydrogen-bond donors (Lipinski definition) is 0. The molecule has 0 unspecified atom stereocenters. The molecule has 0 aliphatic heterocycles. The summed E-state index contributed by atoms with van der Waals surface area (Å²) in [5.74, 6) is 1.84. The van der Waals surface area contributed by atoms with Gasteiger partial charge in [-0.15, -0.1) is 41.3 Å². The molecule has 0 atom stereocenters. The molecule has 5 aromatic carbocycles. The Hall–Kier alpha value is -5.31. The molecular weight excluding hydrogens is 818 g/mol. The Bertz CT molecular complexity index is 2610. The number of ether oxygens (including phenoxy) is 1. The van der Waals surface area contributed by atoms with Crippen molar-refractivity contribution >= 4 is 21.8 Å². The van der Waals surface area contributed by atoms with E-state index in [2.05, 4.69) is 122 Å². The van der Waals surface area contributed by atoms with Gasteiger partial charge in [0.25, 0.3) is 0 Å². The third-order valence-electron chi connectivity index (χ3n) is 11.0. The second-order valence-corrected chi connectivity index (χ2v) is 14.4. The molecule has 0 N–H and O–H groups in total. The molecule has 0 bridgehead atoms. The van der Waals surface area contributed by atoms with Crippen molar-refractivity contribution in [3.8, 4) is 40.0 Å². The fourth-order valence-corrected chi connectivity index (χ4v) is 8.89. The Kier molecular flexibility index (Phi) is 7.97. The predicted octanol–water partition coefficient (Wildman–Crippen LogP) is 10.8. The zero-order valence-electron chi connectivity index (χ0n) is 29.0. The summed E-state index contributed by atoms with van der Waals surface area (Å²) >= 11 is 0. The summed E-state index contributed by atoms with van der Waals surface area (Å²) in [7, 11) is 0. The van der Waals surface area contributed by atoms with Gasteiger partial charge in [0, 0.05) is 17.6 Å². The number of para-hydroxylation sites is 1. The van der Waals surface area contributed by atoms with Gasteiger partial charge in [0.15, 0.2) is 0 Å². The van der Waals surface area contributed by atoms with Crippen molar-refractivity contribution in [2.75, 3.05) is 0 Å². The summed E-state index contributed by atoms with van der Waals surface area (Å²) in [4.78, 5) is 10.2. The Morgan fingerprint density at radius 1 is 0.635 bits per heavy atom. The van der Waals surface area contributed by atoms with Crippen molar-refractivity contribution in [3.63, 3.8) is 0 Å². The van der Waals surface area contributed by atoms with Crippen LogP contribution in [0.5, 0.6) is 11.8 Å². The largest absolute Gasteiger partial charge is 2.00 e. The van der Waals surface area contributed by atoms with Crippen LogP contribution >= 0.6 is 0 Å². The van der Waals surface area contributed by atoms with Gasteiger partial charge in [-0.1, -0.05) is 71.7 Å². The molecule has 0 saturated carbocycles. The fourth-order valence-electron chi connectivity index (χ4n) is 8.89. The molecule has 0 amide bonds. The van der Waals surface area contributed by atoms with Gasteiger partial charge < -0.3 is 9.30 Å². The molecule has 10 rings (SSSR count). The first-order chi connectivity index (χ1) is 25.0. The van der Waals surface area contributed by atoms with E-state index in [4.69, 9.17) is 14.7 Å². The zero-order valence-corrected chi connectivity index (χ0v) is 31.3. The quantitative estimate of drug-likeness (QED) is 0.162. The van der Waals surface area contributed by atoms with E-state index < -0.39 is 0 Å². The molecule has 2 aliphatic carbocycles. The number of pyridine rings is 2. The van der Waals surface area contributed by atoms with E-state index >= 15 is 0 Å². The molecule has 0 saturated heterocycles. The van der Waals surface area contributed by atoms with Gasteiger partial charge in [0.05, 0.1) is 0 Å². The van der Waals surface area contributed by atoms with Crippen LogP contribution < -0.4 is 4.74 Å². The molecule has 1 spiro atoms. The maximum atomic E-state index is 6.59. The van der Waals surface area contributed by atoms with Crippen LogP contribution in [-0.2, 0) is 46.7 Å². The maximum Gasteiger partial charge on any atom is 2.00 e. The molecule has 4 nitrogen and oxygen atoms in total. The molecule has 3 aromatic heterocycles. The SMILES string of the molecule is Cc1cccc(C)c1-c1ccc2c(c1)c1ccc[c-]c1n2-c1cccc(Oc2cc3c(c(-c4[c-]cccc4)n2)CC2(Cc4ccccc4C2)C3)n1.[Pt+2]. The van der Waals surface area contributed by atoms with Crippen LogP contribution in [-0.4, -0.2) is 14.5 Å². The minimum atomic E-state index is 0. The Morgan fingerprint density at radius 3 is 2.17 bits per heavy atom. The number of rotatable bonds is 5. The second kappa shape index (κ2) is 12.7. The monoisotopic (exact) mass is 852 g/mol. The van der Waals surface area contributed by atoms with Gasteiger partial charge >= 0.3 is 21.1 Å². The van der Waals surface area contributed by atoms with Crippen LogP contribution in [0.15, 0.2) is 127 Å². The number of nitrogens with zero attached hydrogens (tertiary/aromatic N) is 3. The third kappa shape index (κ3) is 5.40. The Balaban J connectivity index is 0.00000360. The minimum absolute atomic E-state index is 0. The van der Waals surface area contributed by atoms with Crippen LogP contribution in [0.3, 0.4) is 0 Å². The molecule has 52 heavy (non-hydrogen) atoms. The topological polar surface area (TPSA) is 39.9 Å². The first-order valence-corrected chi connectivity index (χ1v) is 17.8. The van der Waals surface area contributed by atoms with Gasteiger partial charge in [-0.25, -0.2) is 0 Å². The molecule has 8 aromatic rings. The average Bonchev–Trinajstić information content (AvgIpc) is 3.81. The fraction of sp³-hybridized carbons (Fsp3) is 0.149. The molecule has 2 aliphatic rings. The van der Waals surface area contributed by atoms with Crippen molar-refractivity contribution in [2.24, 2.45) is 5.41 Å². The Labute approximate surface area is 318 Å². The van der Waals surface area contributed by atoms with Crippen LogP contribution in [0.4, 0.5) is 0 Å². The number of aryl methyl sites for hydroxylation is 2. The number of fused-ring (bicyclic) bond motifs is 5. The standard InChI is InChI=1S/C47H35N3O.Pt/c1-30-12-10-13-31(2)45(30)33-22-23-41-38(24-33)37-18-8-9-19-40(37)50(41)42-20-11-21-43(48-42)51-44-25-36-28-47(26-34-16-6-7-17-35(34)27-47)29-39(36)46(49-44)32-14-4-3-5-15-32;/h3-14,16-18,20-25H,26-29H2,1-2H3;/q-2;+2. The average molecular weight is 853 g/mol. The third-order valence-corrected chi connectivity index (χ3v) is 11.0. The number of aromatic nitrogens is 3. The molecule has 254 valence electrons. The van der Waals surface area contributed by atoms with Crippen molar-refractivity contribution in [3.05, 3.63) is 173 Å². The van der Waals surface area contributed by atoms with Crippen LogP contribution in [0.25, 0.3) is 50.0 Å². The van der Waals surface area contributed by atoms with Gasteiger partial charge in [-0.3, -0.25) is 4.98 Å². The van der Waals surface area contributed by atoms with E-state index in [0.717, 1.165) is 59.2 Å². The summed E-state index contributed by atoms with van der Waals surface area (Å²) in [5.41, 5.74) is 14.8. The first kappa shape index (κ1) is 32.6. The number of hydrogen-bond acceptors (Lipinski definition) is 3. The second-order valence-electron chi connectivity index (χ2n) is 14.4. The summed E-state index contributed by atoms with van der Waals surface area (Å²) in [6.45, 7) is 4.36. The van der Waals surface area contributed by atoms with E-state index in [1.54, 1.807) is 0 Å². The Morgan fingerprint density at radius 2 is 1.38 bits per heavy atom. The van der Waals surface area contributed by atoms with E-state index in [9.17, 15) is 0 Å². The minimum Gasteiger partial charge on any atom is -0.421 e. The molecular formula is C47H35N3OPt. The smallest absolute Gasteiger partial charge is 0.421 e. The van der Waals surface area contributed by atoms with Gasteiger partial charge in [0.1, 0.15) is 5.82 Å². The van der Waals surface area contributed by atoms with E-state index in [0.29, 0.717) is 11.8 Å². The van der Waals surface area contributed by atoms with Crippen molar-refractivity contribution in [2.45, 2.75) is 39.5 Å². The summed E-state index contributed by atoms with van der Waals surface area (Å²) in [5, 5.41) is 2.31. The maximum absolute atomic E-state index is 6.59. The summed E-state index contributed by atoms with van der Waals surface area (Å²) < 4.78 is 8.77. The molecule has 0 fully saturated rings. The number of benzene rings is 5. The van der Waals surface area contributed by atoms with Gasteiger partial charge in [-0.05, 0) is 107 Å². The van der Waals surface area contributed by atoms with Crippen LogP contribution in [0.1, 0.15) is 33.4 Å². The van der Waals surface area contributed by atoms with Gasteiger partial charge in [0.2, 0.25) is 11.8 Å². The van der Waals surface area contributed by atoms with E-state index in [1.807, 2.05) is 36.4 Å².